The van der Waals surface area contributed by atoms with Crippen LogP contribution in [-0.2, 0) is 12.7 Å². The van der Waals surface area contributed by atoms with E-state index in [9.17, 15) is 18.0 Å². The summed E-state index contributed by atoms with van der Waals surface area (Å²) in [5.41, 5.74) is -1.08. The number of alkyl halides is 3. The Morgan fingerprint density at radius 3 is 2.53 bits per heavy atom. The number of ether oxygens (including phenoxy) is 2. The molecule has 0 bridgehead atoms. The Bertz CT molecular complexity index is 1250. The highest BCUT2D eigenvalue weighted by Crippen LogP contribution is 2.37. The van der Waals surface area contributed by atoms with E-state index in [-0.39, 0.29) is 17.2 Å². The monoisotopic (exact) mass is 471 g/mol. The van der Waals surface area contributed by atoms with Crippen LogP contribution in [0.25, 0.3) is 0 Å². The lowest BCUT2D eigenvalue weighted by Crippen LogP contribution is -2.13. The van der Waals surface area contributed by atoms with Gasteiger partial charge in [-0.2, -0.15) is 18.3 Å². The van der Waals surface area contributed by atoms with Crippen molar-refractivity contribution in [3.05, 3.63) is 90.1 Å². The quantitative estimate of drug-likeness (QED) is 0.342. The molecular formula is C24H20F3N3O4. The molecule has 0 aliphatic rings. The molecule has 1 N–H and O–H groups in total. The molecule has 176 valence electrons. The van der Waals surface area contributed by atoms with Crippen LogP contribution in [0.1, 0.15) is 28.8 Å². The summed E-state index contributed by atoms with van der Waals surface area (Å²) in [4.78, 5) is 12.7. The number of hydrogen-bond acceptors (Lipinski definition) is 5. The third-order valence-corrected chi connectivity index (χ3v) is 4.68. The largest absolute Gasteiger partial charge is 0.494 e. The van der Waals surface area contributed by atoms with Gasteiger partial charge in [0.25, 0.3) is 5.91 Å². The fourth-order valence-electron chi connectivity index (χ4n) is 3.11. The van der Waals surface area contributed by atoms with Crippen LogP contribution in [0, 0.1) is 0 Å². The number of nitrogens with one attached hydrogen (secondary N) is 1. The second kappa shape index (κ2) is 9.74. The lowest BCUT2D eigenvalue weighted by atomic mass is 10.1. The minimum Gasteiger partial charge on any atom is -0.494 e. The second-order valence-corrected chi connectivity index (χ2v) is 7.14. The summed E-state index contributed by atoms with van der Waals surface area (Å²) in [7, 11) is 0. The van der Waals surface area contributed by atoms with Crippen molar-refractivity contribution >= 4 is 11.6 Å². The molecule has 2 aromatic carbocycles. The molecule has 0 aliphatic heterocycles. The van der Waals surface area contributed by atoms with Crippen molar-refractivity contribution in [1.82, 2.24) is 9.78 Å². The first-order chi connectivity index (χ1) is 16.3. The Morgan fingerprint density at radius 1 is 1.09 bits per heavy atom. The number of rotatable bonds is 8. The first-order valence-corrected chi connectivity index (χ1v) is 10.3. The highest BCUT2D eigenvalue weighted by Gasteiger charge is 2.31. The molecule has 0 aliphatic carbocycles. The molecule has 0 spiro atoms. The molecule has 2 aromatic heterocycles. The zero-order chi connectivity index (χ0) is 24.1. The maximum absolute atomic E-state index is 13.3. The van der Waals surface area contributed by atoms with Gasteiger partial charge in [0.1, 0.15) is 17.3 Å². The van der Waals surface area contributed by atoms with Crippen LogP contribution in [0.2, 0.25) is 0 Å². The van der Waals surface area contributed by atoms with Crippen LogP contribution in [-0.4, -0.2) is 22.3 Å². The van der Waals surface area contributed by atoms with Crippen LogP contribution in [0.5, 0.6) is 17.2 Å². The third-order valence-electron chi connectivity index (χ3n) is 4.68. The molecule has 4 rings (SSSR count). The van der Waals surface area contributed by atoms with E-state index < -0.39 is 17.6 Å². The van der Waals surface area contributed by atoms with Crippen molar-refractivity contribution in [2.45, 2.75) is 19.6 Å². The van der Waals surface area contributed by atoms with Crippen LogP contribution in [0.3, 0.4) is 0 Å². The van der Waals surface area contributed by atoms with Crippen molar-refractivity contribution in [3.63, 3.8) is 0 Å². The fraction of sp³-hybridized carbons (Fsp3) is 0.167. The summed E-state index contributed by atoms with van der Waals surface area (Å²) < 4.78 is 58.1. The molecular weight excluding hydrogens is 451 g/mol. The Kier molecular flexibility index (Phi) is 6.58. The van der Waals surface area contributed by atoms with Crippen LogP contribution < -0.4 is 14.8 Å². The normalized spacial score (nSPS) is 11.3. The number of carbonyl (C=O) groups excluding carboxylic acids is 1. The molecule has 10 heteroatoms. The van der Waals surface area contributed by atoms with Crippen LogP contribution in [0.15, 0.2) is 77.5 Å². The molecule has 1 amide bonds. The van der Waals surface area contributed by atoms with E-state index in [1.165, 1.54) is 6.07 Å². The van der Waals surface area contributed by atoms with E-state index in [4.69, 9.17) is 13.9 Å². The van der Waals surface area contributed by atoms with Crippen molar-refractivity contribution < 1.29 is 31.9 Å². The van der Waals surface area contributed by atoms with E-state index in [0.717, 1.165) is 18.2 Å². The number of anilines is 1. The molecule has 0 saturated carbocycles. The fourth-order valence-corrected chi connectivity index (χ4v) is 3.11. The molecule has 0 fully saturated rings. The lowest BCUT2D eigenvalue weighted by molar-refractivity contribution is -0.137. The number of hydrogen-bond donors (Lipinski definition) is 1. The summed E-state index contributed by atoms with van der Waals surface area (Å²) in [5, 5.41) is 6.52. The summed E-state index contributed by atoms with van der Waals surface area (Å²) >= 11 is 0. The van der Waals surface area contributed by atoms with Gasteiger partial charge in [0.15, 0.2) is 11.5 Å². The molecule has 0 atom stereocenters. The predicted molar refractivity (Wildman–Crippen MR) is 117 cm³/mol. The molecule has 7 nitrogen and oxygen atoms in total. The van der Waals surface area contributed by atoms with Gasteiger partial charge in [0.05, 0.1) is 24.4 Å². The number of carbonyl (C=O) groups is 1. The van der Waals surface area contributed by atoms with Gasteiger partial charge >= 0.3 is 6.18 Å². The van der Waals surface area contributed by atoms with Gasteiger partial charge in [-0.3, -0.25) is 9.48 Å². The van der Waals surface area contributed by atoms with E-state index in [2.05, 4.69) is 10.4 Å². The van der Waals surface area contributed by atoms with E-state index in [0.29, 0.717) is 30.4 Å². The van der Waals surface area contributed by atoms with Gasteiger partial charge in [0, 0.05) is 12.4 Å². The summed E-state index contributed by atoms with van der Waals surface area (Å²) in [6.07, 6.45) is -1.26. The maximum atomic E-state index is 13.3. The number of aromatic nitrogens is 2. The zero-order valence-electron chi connectivity index (χ0n) is 18.0. The van der Waals surface area contributed by atoms with Crippen LogP contribution in [0.4, 0.5) is 18.9 Å². The Morgan fingerprint density at radius 2 is 1.85 bits per heavy atom. The van der Waals surface area contributed by atoms with Crippen LogP contribution >= 0.6 is 0 Å². The Labute approximate surface area is 192 Å². The topological polar surface area (TPSA) is 78.5 Å². The summed E-state index contributed by atoms with van der Waals surface area (Å²) in [5.74, 6) is 0.699. The maximum Gasteiger partial charge on any atom is 0.416 e. The standard InChI is InChI=1S/C24H20F3N3O4/c1-2-32-17-5-7-18(8-6-17)33-21-10-4-16(24(25,26)27)14-20(21)29-23(31)22-11-9-19(34-22)15-30-13-3-12-28-30/h3-14H,2,15H2,1H3,(H,29,31). The highest BCUT2D eigenvalue weighted by molar-refractivity contribution is 6.03. The molecule has 0 unspecified atom stereocenters. The minimum absolute atomic E-state index is 0.0360. The number of halogens is 3. The van der Waals surface area contributed by atoms with E-state index in [1.54, 1.807) is 53.5 Å². The predicted octanol–water partition coefficient (Wildman–Crippen LogP) is 5.99. The highest BCUT2D eigenvalue weighted by atomic mass is 19.4. The lowest BCUT2D eigenvalue weighted by Gasteiger charge is -2.15. The number of furan rings is 1. The Balaban J connectivity index is 1.56. The average molecular weight is 471 g/mol. The van der Waals surface area contributed by atoms with Crippen molar-refractivity contribution in [3.8, 4) is 17.2 Å². The van der Waals surface area contributed by atoms with Gasteiger partial charge in [-0.05, 0) is 67.6 Å². The smallest absolute Gasteiger partial charge is 0.416 e. The van der Waals surface area contributed by atoms with Gasteiger partial charge in [0.2, 0.25) is 0 Å². The van der Waals surface area contributed by atoms with Crippen molar-refractivity contribution in [2.75, 3.05) is 11.9 Å². The van der Waals surface area contributed by atoms with Gasteiger partial charge < -0.3 is 19.2 Å². The molecule has 0 saturated heterocycles. The molecule has 0 radical (unpaired) electrons. The molecule has 4 aromatic rings. The van der Waals surface area contributed by atoms with Gasteiger partial charge in [-0.25, -0.2) is 0 Å². The third kappa shape index (κ3) is 5.58. The zero-order valence-corrected chi connectivity index (χ0v) is 18.0. The van der Waals surface area contributed by atoms with Crippen molar-refractivity contribution in [1.29, 1.82) is 0 Å². The molecule has 34 heavy (non-hydrogen) atoms. The van der Waals surface area contributed by atoms with Gasteiger partial charge in [-0.15, -0.1) is 0 Å². The average Bonchev–Trinajstić information content (AvgIpc) is 3.48. The molecule has 2 heterocycles. The first-order valence-electron chi connectivity index (χ1n) is 10.3. The van der Waals surface area contributed by atoms with Gasteiger partial charge in [-0.1, -0.05) is 0 Å². The van der Waals surface area contributed by atoms with E-state index in [1.807, 2.05) is 6.92 Å². The second-order valence-electron chi connectivity index (χ2n) is 7.14. The van der Waals surface area contributed by atoms with E-state index >= 15 is 0 Å². The SMILES string of the molecule is CCOc1ccc(Oc2ccc(C(F)(F)F)cc2NC(=O)c2ccc(Cn3cccn3)o2)cc1. The minimum atomic E-state index is -4.60. The number of amides is 1. The van der Waals surface area contributed by atoms with Crippen molar-refractivity contribution in [2.24, 2.45) is 0 Å². The number of benzene rings is 2. The summed E-state index contributed by atoms with van der Waals surface area (Å²) in [6.45, 7) is 2.64. The number of nitrogens with zero attached hydrogens (tertiary/aromatic N) is 2. The Hall–Kier alpha value is -4.21. The summed E-state index contributed by atoms with van der Waals surface area (Å²) in [6, 6.07) is 14.2. The first kappa shape index (κ1) is 23.0.